The summed E-state index contributed by atoms with van der Waals surface area (Å²) in [6, 6.07) is 0. The minimum Gasteiger partial charge on any atom is -0.387 e. The molecule has 0 bridgehead atoms. The number of aromatic nitrogens is 4. The van der Waals surface area contributed by atoms with Crippen LogP contribution in [-0.4, -0.2) is 68.1 Å². The Balaban J connectivity index is 1.89. The first-order valence-electron chi connectivity index (χ1n) is 9.04. The lowest BCUT2D eigenvalue weighted by Crippen LogP contribution is -2.54. The molecular formula is C13H19N6O13P3. The number of rotatable bonds is 8. The van der Waals surface area contributed by atoms with Crippen LogP contribution in [0.2, 0.25) is 0 Å². The summed E-state index contributed by atoms with van der Waals surface area (Å²) in [7, 11) is -17.0. The molecule has 3 unspecified atom stereocenters. The number of imidazole rings is 1. The summed E-state index contributed by atoms with van der Waals surface area (Å²) < 4.78 is 53.1. The number of nitrogens with one attached hydrogen (secondary N) is 1. The second-order valence-electron chi connectivity index (χ2n) is 7.15. The third-order valence-corrected chi connectivity index (χ3v) is 8.55. The van der Waals surface area contributed by atoms with Gasteiger partial charge in [-0.2, -0.15) is 13.6 Å². The van der Waals surface area contributed by atoms with Gasteiger partial charge in [-0.3, -0.25) is 18.9 Å². The highest BCUT2D eigenvalue weighted by atomic mass is 31.3. The van der Waals surface area contributed by atoms with Gasteiger partial charge in [0, 0.05) is 0 Å². The van der Waals surface area contributed by atoms with E-state index >= 15 is 0 Å². The van der Waals surface area contributed by atoms with Crippen LogP contribution in [0.15, 0.2) is 11.1 Å². The molecule has 2 aromatic heterocycles. The fraction of sp³-hybridized carbons (Fsp3) is 0.462. The van der Waals surface area contributed by atoms with Crippen LogP contribution in [0.1, 0.15) is 13.2 Å². The second-order valence-corrected chi connectivity index (χ2v) is 11.5. The van der Waals surface area contributed by atoms with Gasteiger partial charge in [-0.25, -0.2) is 18.7 Å². The van der Waals surface area contributed by atoms with Crippen LogP contribution in [0.25, 0.3) is 11.2 Å². The number of hydrogen-bond acceptors (Lipinski definition) is 13. The molecule has 0 aliphatic carbocycles. The van der Waals surface area contributed by atoms with E-state index in [0.29, 0.717) is 0 Å². The fourth-order valence-electron chi connectivity index (χ4n) is 3.26. The van der Waals surface area contributed by atoms with E-state index in [9.17, 15) is 33.4 Å². The van der Waals surface area contributed by atoms with E-state index in [-0.39, 0.29) is 17.1 Å². The summed E-state index contributed by atoms with van der Waals surface area (Å²) in [4.78, 5) is 58.3. The van der Waals surface area contributed by atoms with Crippen LogP contribution in [0.3, 0.4) is 0 Å². The van der Waals surface area contributed by atoms with Crippen molar-refractivity contribution in [1.82, 2.24) is 19.5 Å². The molecule has 35 heavy (non-hydrogen) atoms. The van der Waals surface area contributed by atoms with Crippen LogP contribution in [-0.2, 0) is 31.6 Å². The molecular weight excluding hydrogens is 541 g/mol. The zero-order valence-corrected chi connectivity index (χ0v) is 20.0. The van der Waals surface area contributed by atoms with E-state index in [1.165, 1.54) is 0 Å². The monoisotopic (exact) mass is 560 g/mol. The number of terminal acetylenes is 1. The average Bonchev–Trinajstić information content (AvgIpc) is 3.18. The van der Waals surface area contributed by atoms with Crippen molar-refractivity contribution in [2.24, 2.45) is 5.73 Å². The molecule has 0 radical (unpaired) electrons. The van der Waals surface area contributed by atoms with Crippen molar-refractivity contribution >= 4 is 40.6 Å². The Kier molecular flexibility index (Phi) is 7.20. The van der Waals surface area contributed by atoms with Gasteiger partial charge in [-0.1, -0.05) is 5.92 Å². The Morgan fingerprint density at radius 1 is 1.29 bits per heavy atom. The summed E-state index contributed by atoms with van der Waals surface area (Å²) in [6.07, 6.45) is -0.0117. The maximum Gasteiger partial charge on any atom is 0.490 e. The number of anilines is 1. The molecule has 3 heterocycles. The molecule has 0 saturated carbocycles. The van der Waals surface area contributed by atoms with Crippen molar-refractivity contribution in [1.29, 1.82) is 0 Å². The average molecular weight is 560 g/mol. The van der Waals surface area contributed by atoms with Gasteiger partial charge in [0.05, 0.1) is 12.4 Å². The van der Waals surface area contributed by atoms with Crippen LogP contribution in [0.4, 0.5) is 5.95 Å². The van der Waals surface area contributed by atoms with Gasteiger partial charge in [0.15, 0.2) is 22.9 Å². The third-order valence-electron chi connectivity index (χ3n) is 4.63. The van der Waals surface area contributed by atoms with Crippen LogP contribution >= 0.6 is 23.5 Å². The number of nitrogen functional groups attached to an aromatic ring is 1. The first kappa shape index (κ1) is 27.6. The highest BCUT2D eigenvalue weighted by Crippen LogP contribution is 2.66. The first-order chi connectivity index (χ1) is 15.9. The highest BCUT2D eigenvalue weighted by molar-refractivity contribution is 7.66. The van der Waals surface area contributed by atoms with Crippen molar-refractivity contribution in [3.63, 3.8) is 0 Å². The Morgan fingerprint density at radius 2 is 1.91 bits per heavy atom. The Hall–Kier alpha value is -2.00. The van der Waals surface area contributed by atoms with E-state index in [0.717, 1.165) is 17.8 Å². The Morgan fingerprint density at radius 3 is 2.49 bits per heavy atom. The van der Waals surface area contributed by atoms with Gasteiger partial charge in [-0.05, 0) is 6.92 Å². The fourth-order valence-corrected chi connectivity index (χ4v) is 6.46. The van der Waals surface area contributed by atoms with Crippen LogP contribution < -0.4 is 17.0 Å². The Labute approximate surface area is 194 Å². The number of nitrogens with zero attached hydrogens (tertiary/aromatic N) is 3. The maximum atomic E-state index is 12.1. The number of aromatic amines is 1. The van der Waals surface area contributed by atoms with Crippen molar-refractivity contribution in [2.75, 3.05) is 5.73 Å². The van der Waals surface area contributed by atoms with E-state index in [2.05, 4.69) is 34.0 Å². The number of aliphatic hydroxyl groups excluding tert-OH is 1. The van der Waals surface area contributed by atoms with Crippen LogP contribution in [0, 0.1) is 12.3 Å². The number of aliphatic hydroxyl groups is 1. The van der Waals surface area contributed by atoms with E-state index in [1.807, 2.05) is 0 Å². The van der Waals surface area contributed by atoms with Gasteiger partial charge in [0.1, 0.15) is 12.2 Å². The molecule has 22 heteroatoms. The van der Waals surface area contributed by atoms with Gasteiger partial charge in [0.2, 0.25) is 5.95 Å². The topological polar surface area (TPSA) is 305 Å². The van der Waals surface area contributed by atoms with E-state index in [4.69, 9.17) is 32.4 Å². The van der Waals surface area contributed by atoms with Gasteiger partial charge in [-0.15, -0.1) is 6.42 Å². The highest BCUT2D eigenvalue weighted by Gasteiger charge is 2.57. The molecule has 0 aromatic carbocycles. The molecule has 194 valence electrons. The lowest BCUT2D eigenvalue weighted by atomic mass is 9.90. The van der Waals surface area contributed by atoms with Gasteiger partial charge < -0.3 is 40.9 Å². The minimum atomic E-state index is -5.79. The molecule has 2 aromatic rings. The zero-order valence-electron chi connectivity index (χ0n) is 17.3. The number of hydrogen-bond donors (Lipinski definition) is 8. The number of H-pyrrole nitrogens is 1. The van der Waals surface area contributed by atoms with Gasteiger partial charge in [0.25, 0.3) is 5.56 Å². The number of nitrogens with two attached hydrogens (primary N) is 2. The molecule has 1 fully saturated rings. The molecule has 1 saturated heterocycles. The summed E-state index contributed by atoms with van der Waals surface area (Å²) in [6.45, 7) is 1.05. The molecule has 10 N–H and O–H groups in total. The molecule has 1 aliphatic heterocycles. The second kappa shape index (κ2) is 9.14. The van der Waals surface area contributed by atoms with Crippen molar-refractivity contribution < 1.29 is 56.3 Å². The molecule has 19 nitrogen and oxygen atoms in total. The minimum absolute atomic E-state index is 0.130. The molecule has 1 aliphatic rings. The molecule has 7 atom stereocenters. The molecule has 0 spiro atoms. The number of phosphoric ester groups is 1. The van der Waals surface area contributed by atoms with Gasteiger partial charge >= 0.3 is 23.5 Å². The Bertz CT molecular complexity index is 1380. The molecule has 3 rings (SSSR count). The van der Waals surface area contributed by atoms with E-state index < -0.39 is 59.1 Å². The summed E-state index contributed by atoms with van der Waals surface area (Å²) in [5.41, 5.74) is 8.62. The summed E-state index contributed by atoms with van der Waals surface area (Å²) in [5.74, 6) is 1.85. The van der Waals surface area contributed by atoms with E-state index in [1.54, 1.807) is 0 Å². The number of phosphoric acid groups is 3. The summed E-state index contributed by atoms with van der Waals surface area (Å²) >= 11 is 0. The first-order valence-corrected chi connectivity index (χ1v) is 13.6. The number of ether oxygens (including phenoxy) is 1. The maximum absolute atomic E-state index is 12.1. The predicted molar refractivity (Wildman–Crippen MR) is 113 cm³/mol. The molecule has 0 amide bonds. The standard InChI is InChI=1S/C13H19N6O13P3/c1-3-13(15)8(20)7(5(2)30-34(25,26)32-35(27,28)31-33(22,23)24)29-11(13)19-4-16-6-9(19)17-12(14)18-10(6)21/h1,4-5,7-8,11,20H,15H2,2H3,(H,25,26)(H,27,28)(H2,22,23,24)(H3,14,17,18,21)/t5-,7+,8-,11+,13?/m0/s1. The zero-order chi connectivity index (χ0) is 26.6. The third kappa shape index (κ3) is 5.71. The normalized spacial score (nSPS) is 29.4. The van der Waals surface area contributed by atoms with Crippen molar-refractivity contribution in [2.45, 2.75) is 37.0 Å². The largest absolute Gasteiger partial charge is 0.490 e. The SMILES string of the molecule is C#CC1(N)[C@@H](O)[C@@H]([C@H](C)OP(=O)(O)OP(=O)(O)OP(=O)(O)O)O[C@H]1n1cnc2c(=O)[nH]c(N)nc21. The van der Waals surface area contributed by atoms with Crippen molar-refractivity contribution in [3.8, 4) is 12.3 Å². The van der Waals surface area contributed by atoms with Crippen LogP contribution in [0.5, 0.6) is 0 Å². The van der Waals surface area contributed by atoms with Crippen molar-refractivity contribution in [3.05, 3.63) is 16.7 Å². The summed E-state index contributed by atoms with van der Waals surface area (Å²) in [5, 5.41) is 10.7. The lowest BCUT2D eigenvalue weighted by molar-refractivity contribution is -0.0733. The number of fused-ring (bicyclic) bond motifs is 1. The lowest BCUT2D eigenvalue weighted by Gasteiger charge is -2.28. The smallest absolute Gasteiger partial charge is 0.387 e. The quantitative estimate of drug-likeness (QED) is 0.128. The predicted octanol–water partition coefficient (Wildman–Crippen LogP) is -1.98.